The Morgan fingerprint density at radius 2 is 1.00 bits per heavy atom. The van der Waals surface area contributed by atoms with E-state index in [4.69, 9.17) is 14.2 Å². The second kappa shape index (κ2) is 42.2. The maximum atomic E-state index is 12.8. The van der Waals surface area contributed by atoms with Crippen LogP contribution in [0, 0.1) is 0 Å². The van der Waals surface area contributed by atoms with E-state index in [1.807, 2.05) is 0 Å². The van der Waals surface area contributed by atoms with Gasteiger partial charge in [-0.15, -0.1) is 0 Å². The summed E-state index contributed by atoms with van der Waals surface area (Å²) in [5, 5.41) is 11.6. The molecule has 0 radical (unpaired) electrons. The summed E-state index contributed by atoms with van der Waals surface area (Å²) in [4.78, 5) is 36.9. The van der Waals surface area contributed by atoms with Crippen molar-refractivity contribution in [3.05, 3.63) is 85.1 Å². The molecule has 0 N–H and O–H groups in total. The second-order valence-corrected chi connectivity index (χ2v) is 16.6. The first-order valence-electron chi connectivity index (χ1n) is 23.6. The van der Waals surface area contributed by atoms with Gasteiger partial charge in [0.05, 0.1) is 40.3 Å². The van der Waals surface area contributed by atoms with E-state index < -0.39 is 18.1 Å². The Bertz CT molecular complexity index is 1250. The Kier molecular flexibility index (Phi) is 39.8. The number of carboxylic acid groups (broad SMARTS) is 1. The zero-order valence-corrected chi connectivity index (χ0v) is 38.8. The molecule has 60 heavy (non-hydrogen) atoms. The number of likely N-dealkylation sites (N-methyl/N-ethyl adjacent to an activating group) is 1. The molecule has 0 fully saturated rings. The number of carbonyl (C=O) groups is 3. The third-order valence-corrected chi connectivity index (χ3v) is 10.0. The van der Waals surface area contributed by atoms with Crippen LogP contribution >= 0.6 is 0 Å². The van der Waals surface area contributed by atoms with E-state index >= 15 is 0 Å². The molecule has 0 rings (SSSR count). The Labute approximate surface area is 367 Å². The van der Waals surface area contributed by atoms with Crippen LogP contribution in [0.2, 0.25) is 0 Å². The molecular formula is C52H87NO7. The van der Waals surface area contributed by atoms with Gasteiger partial charge in [-0.1, -0.05) is 163 Å². The standard InChI is InChI=1S/C52H87NO7/c1-6-8-10-12-14-16-18-20-22-24-25-27-29-31-33-35-37-39-41-43-51(55)60-48(46-58-45-44-49(52(56)57)53(3,4)5)47-59-50(54)42-40-38-36-34-32-30-28-26-23-21-19-17-15-13-11-9-7-2/h9,11,14-18,20-21,23,28,30,34,36,48-49H,6-8,10,12-13,19,22,24-27,29,31-33,35,37-47H2,1-5H3/b11-9+,16-14+,17-15+,20-18+,23-21+,30-28+,36-34+. The number of hydrogen-bond donors (Lipinski definition) is 0. The van der Waals surface area contributed by atoms with Crippen LogP contribution in [-0.4, -0.2) is 75.5 Å². The molecule has 0 aromatic heterocycles. The quantitative estimate of drug-likeness (QED) is 0.0199. The van der Waals surface area contributed by atoms with Crippen molar-refractivity contribution < 1.29 is 38.2 Å². The highest BCUT2D eigenvalue weighted by atomic mass is 16.6. The Morgan fingerprint density at radius 3 is 1.52 bits per heavy atom. The van der Waals surface area contributed by atoms with Gasteiger partial charge in [0, 0.05) is 19.3 Å². The highest BCUT2D eigenvalue weighted by Crippen LogP contribution is 2.14. The minimum absolute atomic E-state index is 0.0171. The lowest BCUT2D eigenvalue weighted by Crippen LogP contribution is -2.55. The van der Waals surface area contributed by atoms with E-state index in [9.17, 15) is 19.5 Å². The summed E-state index contributed by atoms with van der Waals surface area (Å²) in [6.07, 6.45) is 54.7. The fourth-order valence-electron chi connectivity index (χ4n) is 6.39. The molecule has 0 aromatic rings. The third kappa shape index (κ3) is 39.9. The van der Waals surface area contributed by atoms with E-state index in [2.05, 4.69) is 98.9 Å². The topological polar surface area (TPSA) is 102 Å². The van der Waals surface area contributed by atoms with Gasteiger partial charge in [0.15, 0.2) is 6.10 Å². The number of carbonyl (C=O) groups excluding carboxylic acids is 3. The van der Waals surface area contributed by atoms with Crippen LogP contribution < -0.4 is 5.11 Å². The number of esters is 2. The van der Waals surface area contributed by atoms with Crippen molar-refractivity contribution in [1.29, 1.82) is 0 Å². The molecule has 2 atom stereocenters. The number of nitrogens with zero attached hydrogens (tertiary/aromatic N) is 1. The van der Waals surface area contributed by atoms with E-state index in [-0.39, 0.29) is 49.1 Å². The Morgan fingerprint density at radius 1 is 0.533 bits per heavy atom. The summed E-state index contributed by atoms with van der Waals surface area (Å²) in [6, 6.07) is -0.739. The van der Waals surface area contributed by atoms with E-state index in [0.717, 1.165) is 64.2 Å². The molecule has 342 valence electrons. The van der Waals surface area contributed by atoms with Gasteiger partial charge in [-0.2, -0.15) is 0 Å². The van der Waals surface area contributed by atoms with Gasteiger partial charge >= 0.3 is 11.9 Å². The molecule has 0 saturated carbocycles. The van der Waals surface area contributed by atoms with Crippen molar-refractivity contribution in [2.24, 2.45) is 0 Å². The maximum Gasteiger partial charge on any atom is 0.306 e. The minimum Gasteiger partial charge on any atom is -0.544 e. The number of carboxylic acids is 1. The van der Waals surface area contributed by atoms with Crippen molar-refractivity contribution in [2.45, 2.75) is 187 Å². The van der Waals surface area contributed by atoms with Crippen molar-refractivity contribution in [3.63, 3.8) is 0 Å². The first kappa shape index (κ1) is 56.5. The van der Waals surface area contributed by atoms with Crippen LogP contribution in [-0.2, 0) is 28.6 Å². The number of allylic oxidation sites excluding steroid dienone is 14. The van der Waals surface area contributed by atoms with Crippen LogP contribution in [0.4, 0.5) is 0 Å². The molecule has 0 bridgehead atoms. The second-order valence-electron chi connectivity index (χ2n) is 16.6. The van der Waals surface area contributed by atoms with Crippen molar-refractivity contribution in [2.75, 3.05) is 41.0 Å². The number of hydrogen-bond acceptors (Lipinski definition) is 7. The molecule has 0 heterocycles. The maximum absolute atomic E-state index is 12.8. The zero-order chi connectivity index (χ0) is 44.2. The summed E-state index contributed by atoms with van der Waals surface area (Å²) >= 11 is 0. The summed E-state index contributed by atoms with van der Waals surface area (Å²) in [6.45, 7) is 4.45. The lowest BCUT2D eigenvalue weighted by molar-refractivity contribution is -0.889. The lowest BCUT2D eigenvalue weighted by atomic mass is 10.1. The number of rotatable bonds is 41. The largest absolute Gasteiger partial charge is 0.544 e. The van der Waals surface area contributed by atoms with E-state index in [0.29, 0.717) is 12.8 Å². The average Bonchev–Trinajstić information content (AvgIpc) is 3.21. The molecule has 0 aromatic carbocycles. The predicted octanol–water partition coefficient (Wildman–Crippen LogP) is 12.0. The molecule has 0 aliphatic heterocycles. The van der Waals surface area contributed by atoms with Gasteiger partial charge in [0.1, 0.15) is 12.6 Å². The van der Waals surface area contributed by atoms with Crippen LogP contribution in [0.1, 0.15) is 174 Å². The Balaban J connectivity index is 4.40. The minimum atomic E-state index is -1.14. The Hall–Kier alpha value is -3.49. The first-order chi connectivity index (χ1) is 29.1. The SMILES string of the molecule is CC/C=C/C/C=C/C/C=C/C/C=C/C/C=C/CCCC(=O)OCC(COCCC(C(=O)[O-])[N+](C)(C)C)OC(=O)CCCCCCCCCCCC/C=C/C=C/CCCCC. The van der Waals surface area contributed by atoms with E-state index in [1.165, 1.54) is 70.6 Å². The van der Waals surface area contributed by atoms with Crippen molar-refractivity contribution >= 4 is 17.9 Å². The third-order valence-electron chi connectivity index (χ3n) is 10.0. The van der Waals surface area contributed by atoms with Gasteiger partial charge in [-0.25, -0.2) is 0 Å². The molecule has 8 heteroatoms. The zero-order valence-electron chi connectivity index (χ0n) is 38.8. The molecule has 0 aliphatic rings. The van der Waals surface area contributed by atoms with Crippen LogP contribution in [0.3, 0.4) is 0 Å². The van der Waals surface area contributed by atoms with Crippen molar-refractivity contribution in [1.82, 2.24) is 0 Å². The van der Waals surface area contributed by atoms with Crippen LogP contribution in [0.25, 0.3) is 0 Å². The number of quaternary nitrogens is 1. The first-order valence-corrected chi connectivity index (χ1v) is 23.6. The molecule has 0 saturated heterocycles. The van der Waals surface area contributed by atoms with Gasteiger partial charge in [0.2, 0.25) is 0 Å². The predicted molar refractivity (Wildman–Crippen MR) is 249 cm³/mol. The van der Waals surface area contributed by atoms with E-state index in [1.54, 1.807) is 21.1 Å². The fraction of sp³-hybridized carbons (Fsp3) is 0.673. The summed E-state index contributed by atoms with van der Waals surface area (Å²) in [5.74, 6) is -1.82. The highest BCUT2D eigenvalue weighted by Gasteiger charge is 2.25. The van der Waals surface area contributed by atoms with Crippen LogP contribution in [0.15, 0.2) is 85.1 Å². The van der Waals surface area contributed by atoms with Gasteiger partial charge < -0.3 is 28.6 Å². The van der Waals surface area contributed by atoms with Gasteiger partial charge in [-0.3, -0.25) is 9.59 Å². The van der Waals surface area contributed by atoms with Gasteiger partial charge in [-0.05, 0) is 77.0 Å². The molecule has 0 amide bonds. The summed E-state index contributed by atoms with van der Waals surface area (Å²) in [7, 11) is 5.38. The molecule has 8 nitrogen and oxygen atoms in total. The van der Waals surface area contributed by atoms with Gasteiger partial charge in [0.25, 0.3) is 0 Å². The lowest BCUT2D eigenvalue weighted by Gasteiger charge is -2.34. The molecular weight excluding hydrogens is 751 g/mol. The molecule has 0 spiro atoms. The smallest absolute Gasteiger partial charge is 0.306 e. The monoisotopic (exact) mass is 838 g/mol. The molecule has 2 unspecified atom stereocenters. The average molecular weight is 838 g/mol. The summed E-state index contributed by atoms with van der Waals surface area (Å²) in [5.41, 5.74) is 0. The fourth-order valence-corrected chi connectivity index (χ4v) is 6.39. The number of ether oxygens (including phenoxy) is 3. The number of unbranched alkanes of at least 4 members (excludes halogenated alkanes) is 14. The number of aliphatic carboxylic acids is 1. The normalized spacial score (nSPS) is 13.7. The molecule has 0 aliphatic carbocycles. The summed E-state index contributed by atoms with van der Waals surface area (Å²) < 4.78 is 17.1. The van der Waals surface area contributed by atoms with Crippen LogP contribution in [0.5, 0.6) is 0 Å². The highest BCUT2D eigenvalue weighted by molar-refractivity contribution is 5.70. The van der Waals surface area contributed by atoms with Crippen molar-refractivity contribution in [3.8, 4) is 0 Å².